The first-order valence-electron chi connectivity index (χ1n) is 10.8. The van der Waals surface area contributed by atoms with Crippen LogP contribution < -0.4 is 10.6 Å². The van der Waals surface area contributed by atoms with Gasteiger partial charge in [0.25, 0.3) is 5.91 Å². The van der Waals surface area contributed by atoms with E-state index in [4.69, 9.17) is 13.7 Å². The summed E-state index contributed by atoms with van der Waals surface area (Å²) in [6, 6.07) is 4.10. The lowest BCUT2D eigenvalue weighted by Gasteiger charge is -2.30. The number of methoxy groups -OCH3 is 1. The second-order valence-corrected chi connectivity index (χ2v) is 7.86. The Morgan fingerprint density at radius 1 is 1.28 bits per heavy atom. The average molecular weight is 447 g/mol. The van der Waals surface area contributed by atoms with E-state index in [1.807, 2.05) is 0 Å². The third-order valence-electron chi connectivity index (χ3n) is 5.39. The summed E-state index contributed by atoms with van der Waals surface area (Å²) in [6.07, 6.45) is 5.31. The summed E-state index contributed by atoms with van der Waals surface area (Å²) in [7, 11) is 1.52. The maximum Gasteiger partial charge on any atom is 0.250 e. The molecule has 1 aliphatic rings. The molecule has 2 N–H and O–H groups in total. The summed E-state index contributed by atoms with van der Waals surface area (Å²) < 4.78 is 15.6. The first-order valence-corrected chi connectivity index (χ1v) is 10.8. The van der Waals surface area contributed by atoms with E-state index < -0.39 is 6.04 Å². The van der Waals surface area contributed by atoms with Crippen LogP contribution in [0.15, 0.2) is 33.4 Å². The number of carbonyl (C=O) groups excluding carboxylic acids is 3. The van der Waals surface area contributed by atoms with E-state index in [1.54, 1.807) is 25.1 Å². The number of nitrogens with one attached hydrogen (secondary N) is 2. The number of nitrogens with zero attached hydrogens (tertiary/aromatic N) is 2. The van der Waals surface area contributed by atoms with E-state index in [0.29, 0.717) is 17.3 Å². The number of anilines is 1. The van der Waals surface area contributed by atoms with Crippen LogP contribution in [0.1, 0.15) is 56.1 Å². The van der Waals surface area contributed by atoms with Crippen molar-refractivity contribution in [3.8, 4) is 0 Å². The molecule has 1 aliphatic carbocycles. The van der Waals surface area contributed by atoms with Gasteiger partial charge in [0.2, 0.25) is 11.8 Å². The molecule has 0 spiro atoms. The van der Waals surface area contributed by atoms with Crippen LogP contribution in [-0.4, -0.2) is 54.1 Å². The molecule has 32 heavy (non-hydrogen) atoms. The molecule has 2 aromatic rings. The second kappa shape index (κ2) is 11.5. The summed E-state index contributed by atoms with van der Waals surface area (Å²) in [5.41, 5.74) is 0. The van der Waals surface area contributed by atoms with Gasteiger partial charge in [-0.3, -0.25) is 14.4 Å². The van der Waals surface area contributed by atoms with Crippen LogP contribution in [0, 0.1) is 6.92 Å². The van der Waals surface area contributed by atoms with E-state index in [0.717, 1.165) is 25.7 Å². The molecule has 0 aromatic carbocycles. The predicted octanol–water partition coefficient (Wildman–Crippen LogP) is 2.57. The van der Waals surface area contributed by atoms with Gasteiger partial charge in [-0.2, -0.15) is 0 Å². The first-order chi connectivity index (χ1) is 15.5. The van der Waals surface area contributed by atoms with Crippen molar-refractivity contribution in [2.45, 2.75) is 57.5 Å². The molecule has 0 radical (unpaired) electrons. The molecule has 10 nitrogen and oxygen atoms in total. The van der Waals surface area contributed by atoms with Gasteiger partial charge in [0.15, 0.2) is 11.9 Å². The Morgan fingerprint density at radius 3 is 2.69 bits per heavy atom. The van der Waals surface area contributed by atoms with Crippen molar-refractivity contribution in [1.82, 2.24) is 15.4 Å². The first kappa shape index (κ1) is 23.5. The highest BCUT2D eigenvalue weighted by atomic mass is 16.5. The van der Waals surface area contributed by atoms with Crippen LogP contribution in [0.4, 0.5) is 5.82 Å². The fourth-order valence-electron chi connectivity index (χ4n) is 3.80. The number of furan rings is 1. The van der Waals surface area contributed by atoms with Crippen LogP contribution >= 0.6 is 0 Å². The Labute approximate surface area is 186 Å². The van der Waals surface area contributed by atoms with Crippen molar-refractivity contribution in [3.63, 3.8) is 0 Å². The minimum absolute atomic E-state index is 0.0661. The SMILES string of the molecule is COCCN(C(=O)CCC(=O)Nc1cc(C)on1)C(C(=O)NC1CCCC1)c1ccco1. The second-order valence-electron chi connectivity index (χ2n) is 7.86. The maximum absolute atomic E-state index is 13.2. The molecule has 1 atom stereocenters. The molecule has 1 saturated carbocycles. The summed E-state index contributed by atoms with van der Waals surface area (Å²) in [5, 5.41) is 9.35. The summed E-state index contributed by atoms with van der Waals surface area (Å²) >= 11 is 0. The van der Waals surface area contributed by atoms with Gasteiger partial charge in [0.1, 0.15) is 11.5 Å². The lowest BCUT2D eigenvalue weighted by atomic mass is 10.1. The molecule has 3 rings (SSSR count). The largest absolute Gasteiger partial charge is 0.467 e. The molecule has 2 heterocycles. The molecule has 0 bridgehead atoms. The Morgan fingerprint density at radius 2 is 2.06 bits per heavy atom. The molecule has 1 unspecified atom stereocenters. The Balaban J connectivity index is 1.69. The molecule has 10 heteroatoms. The van der Waals surface area contributed by atoms with E-state index in [2.05, 4.69) is 15.8 Å². The van der Waals surface area contributed by atoms with Gasteiger partial charge in [-0.05, 0) is 31.9 Å². The number of aromatic nitrogens is 1. The zero-order valence-corrected chi connectivity index (χ0v) is 18.5. The van der Waals surface area contributed by atoms with Crippen LogP contribution in [0.5, 0.6) is 0 Å². The van der Waals surface area contributed by atoms with Crippen LogP contribution in [0.25, 0.3) is 0 Å². The molecular weight excluding hydrogens is 416 g/mol. The van der Waals surface area contributed by atoms with Crippen molar-refractivity contribution in [2.75, 3.05) is 25.6 Å². The lowest BCUT2D eigenvalue weighted by Crippen LogP contribution is -2.47. The zero-order chi connectivity index (χ0) is 22.9. The number of hydrogen-bond donors (Lipinski definition) is 2. The van der Waals surface area contributed by atoms with Crippen molar-refractivity contribution in [3.05, 3.63) is 36.0 Å². The van der Waals surface area contributed by atoms with Crippen molar-refractivity contribution < 1.29 is 28.1 Å². The van der Waals surface area contributed by atoms with Crippen molar-refractivity contribution in [1.29, 1.82) is 0 Å². The van der Waals surface area contributed by atoms with E-state index >= 15 is 0 Å². The number of hydrogen-bond acceptors (Lipinski definition) is 7. The topological polar surface area (TPSA) is 127 Å². The normalized spacial score (nSPS) is 14.8. The monoisotopic (exact) mass is 446 g/mol. The molecule has 3 amide bonds. The fraction of sp³-hybridized carbons (Fsp3) is 0.545. The predicted molar refractivity (Wildman–Crippen MR) is 115 cm³/mol. The summed E-state index contributed by atoms with van der Waals surface area (Å²) in [6.45, 7) is 2.14. The molecular formula is C22H30N4O6. The highest BCUT2D eigenvalue weighted by Crippen LogP contribution is 2.25. The van der Waals surface area contributed by atoms with Crippen molar-refractivity contribution >= 4 is 23.5 Å². The average Bonchev–Trinajstić information content (AvgIpc) is 3.53. The number of rotatable bonds is 11. The Hall–Kier alpha value is -3.14. The van der Waals surface area contributed by atoms with Crippen LogP contribution in [0.2, 0.25) is 0 Å². The molecule has 174 valence electrons. The van der Waals surface area contributed by atoms with Gasteiger partial charge >= 0.3 is 0 Å². The standard InChI is InChI=1S/C22H30N4O6/c1-15-14-18(25-32-15)24-19(27)9-10-20(28)26(11-13-30-2)21(17-8-5-12-31-17)22(29)23-16-6-3-4-7-16/h5,8,12,14,16,21H,3-4,6-7,9-11,13H2,1-2H3,(H,23,29)(H,24,25,27). The van der Waals surface area contributed by atoms with Crippen LogP contribution in [-0.2, 0) is 19.1 Å². The number of amides is 3. The van der Waals surface area contributed by atoms with E-state index in [-0.39, 0.29) is 49.8 Å². The lowest BCUT2D eigenvalue weighted by molar-refractivity contribution is -0.143. The van der Waals surface area contributed by atoms with E-state index in [9.17, 15) is 14.4 Å². The molecule has 0 aliphatic heterocycles. The van der Waals surface area contributed by atoms with Gasteiger partial charge in [0, 0.05) is 38.6 Å². The summed E-state index contributed by atoms with van der Waals surface area (Å²) in [5.74, 6) is 0.211. The fourth-order valence-corrected chi connectivity index (χ4v) is 3.80. The molecule has 2 aromatic heterocycles. The van der Waals surface area contributed by atoms with Crippen molar-refractivity contribution in [2.24, 2.45) is 0 Å². The van der Waals surface area contributed by atoms with Gasteiger partial charge in [0.05, 0.1) is 12.9 Å². The molecule has 1 fully saturated rings. The van der Waals surface area contributed by atoms with Crippen LogP contribution in [0.3, 0.4) is 0 Å². The minimum Gasteiger partial charge on any atom is -0.467 e. The minimum atomic E-state index is -0.936. The smallest absolute Gasteiger partial charge is 0.250 e. The third-order valence-corrected chi connectivity index (χ3v) is 5.39. The van der Waals surface area contributed by atoms with Gasteiger partial charge in [-0.1, -0.05) is 18.0 Å². The highest BCUT2D eigenvalue weighted by molar-refractivity contribution is 5.93. The highest BCUT2D eigenvalue weighted by Gasteiger charge is 2.34. The third kappa shape index (κ3) is 6.43. The maximum atomic E-state index is 13.2. The Kier molecular flexibility index (Phi) is 8.43. The van der Waals surface area contributed by atoms with Gasteiger partial charge in [-0.15, -0.1) is 0 Å². The Bertz CT molecular complexity index is 888. The van der Waals surface area contributed by atoms with Gasteiger partial charge in [-0.25, -0.2) is 0 Å². The number of carbonyl (C=O) groups is 3. The van der Waals surface area contributed by atoms with Gasteiger partial charge < -0.3 is 29.2 Å². The zero-order valence-electron chi connectivity index (χ0n) is 18.5. The summed E-state index contributed by atoms with van der Waals surface area (Å²) in [4.78, 5) is 40.0. The quantitative estimate of drug-likeness (QED) is 0.543. The van der Waals surface area contributed by atoms with E-state index in [1.165, 1.54) is 18.3 Å². The number of ether oxygens (including phenoxy) is 1. The number of aryl methyl sites for hydroxylation is 1. The molecule has 0 saturated heterocycles.